The molecule has 2 rings (SSSR count). The van der Waals surface area contributed by atoms with Crippen molar-refractivity contribution in [1.29, 1.82) is 0 Å². The average Bonchev–Trinajstić information content (AvgIpc) is 2.46. The predicted molar refractivity (Wildman–Crippen MR) is 80.4 cm³/mol. The average molecular weight is 275 g/mol. The van der Waals surface area contributed by atoms with E-state index < -0.39 is 0 Å². The Balaban J connectivity index is 1.98. The third-order valence-corrected chi connectivity index (χ3v) is 4.20. The van der Waals surface area contributed by atoms with Gasteiger partial charge in [-0.25, -0.2) is 0 Å². The Bertz CT molecular complexity index is 470. The summed E-state index contributed by atoms with van der Waals surface area (Å²) in [6.07, 6.45) is 6.21. The van der Waals surface area contributed by atoms with Gasteiger partial charge in [0.25, 0.3) is 0 Å². The van der Waals surface area contributed by atoms with E-state index >= 15 is 0 Å². The van der Waals surface area contributed by atoms with E-state index in [1.54, 1.807) is 0 Å². The van der Waals surface area contributed by atoms with Crippen molar-refractivity contribution < 1.29 is 9.53 Å². The van der Waals surface area contributed by atoms with Gasteiger partial charge in [-0.3, -0.25) is 4.79 Å². The second-order valence-corrected chi connectivity index (χ2v) is 5.96. The zero-order valence-electron chi connectivity index (χ0n) is 12.5. The van der Waals surface area contributed by atoms with Crippen molar-refractivity contribution in [2.45, 2.75) is 51.5 Å². The first kappa shape index (κ1) is 15.0. The molecule has 2 unspecified atom stereocenters. The van der Waals surface area contributed by atoms with Gasteiger partial charge in [-0.2, -0.15) is 0 Å². The Morgan fingerprint density at radius 1 is 1.30 bits per heavy atom. The van der Waals surface area contributed by atoms with Gasteiger partial charge in [-0.1, -0.05) is 25.1 Å². The molecule has 0 fully saturated rings. The number of hydrogen-bond donors (Lipinski definition) is 1. The summed E-state index contributed by atoms with van der Waals surface area (Å²) >= 11 is 0. The van der Waals surface area contributed by atoms with Crippen LogP contribution in [0, 0.1) is 5.92 Å². The maximum Gasteiger partial charge on any atom is 0.305 e. The lowest BCUT2D eigenvalue weighted by Crippen LogP contribution is -2.17. The van der Waals surface area contributed by atoms with Crippen LogP contribution in [0.3, 0.4) is 0 Å². The first-order valence-electron chi connectivity index (χ1n) is 7.54. The topological polar surface area (TPSA) is 52.3 Å². The van der Waals surface area contributed by atoms with Gasteiger partial charge in [0.05, 0.1) is 7.11 Å². The highest BCUT2D eigenvalue weighted by molar-refractivity contribution is 5.69. The van der Waals surface area contributed by atoms with Gasteiger partial charge in [0.1, 0.15) is 0 Å². The molecule has 1 aliphatic rings. The number of nitrogens with two attached hydrogens (primary N) is 1. The highest BCUT2D eigenvalue weighted by Crippen LogP contribution is 2.27. The van der Waals surface area contributed by atoms with Crippen LogP contribution in [-0.2, 0) is 22.4 Å². The summed E-state index contributed by atoms with van der Waals surface area (Å²) < 4.78 is 4.70. The van der Waals surface area contributed by atoms with Crippen molar-refractivity contribution in [1.82, 2.24) is 0 Å². The van der Waals surface area contributed by atoms with Gasteiger partial charge in [-0.05, 0) is 54.7 Å². The zero-order chi connectivity index (χ0) is 14.5. The van der Waals surface area contributed by atoms with E-state index in [1.807, 2.05) is 0 Å². The summed E-state index contributed by atoms with van der Waals surface area (Å²) in [6, 6.07) is 6.65. The van der Waals surface area contributed by atoms with E-state index in [2.05, 4.69) is 25.1 Å². The molecule has 0 saturated carbocycles. The smallest absolute Gasteiger partial charge is 0.305 e. The van der Waals surface area contributed by atoms with Crippen LogP contribution in [0.15, 0.2) is 18.2 Å². The highest BCUT2D eigenvalue weighted by atomic mass is 16.5. The first-order valence-corrected chi connectivity index (χ1v) is 7.54. The molecule has 110 valence electrons. The molecule has 20 heavy (non-hydrogen) atoms. The molecule has 1 aliphatic carbocycles. The Kier molecular flexibility index (Phi) is 5.18. The van der Waals surface area contributed by atoms with Gasteiger partial charge in [-0.15, -0.1) is 0 Å². The zero-order valence-corrected chi connectivity index (χ0v) is 12.5. The van der Waals surface area contributed by atoms with Crippen molar-refractivity contribution in [2.24, 2.45) is 11.7 Å². The molecule has 1 aromatic carbocycles. The van der Waals surface area contributed by atoms with Crippen molar-refractivity contribution >= 4 is 5.97 Å². The third-order valence-electron chi connectivity index (χ3n) is 4.20. The maximum atomic E-state index is 11.3. The molecule has 0 aromatic heterocycles. The molecule has 2 N–H and O–H groups in total. The summed E-state index contributed by atoms with van der Waals surface area (Å²) in [4.78, 5) is 11.3. The van der Waals surface area contributed by atoms with Crippen LogP contribution in [0.4, 0.5) is 0 Å². The molecule has 0 heterocycles. The Morgan fingerprint density at radius 2 is 2.00 bits per heavy atom. The van der Waals surface area contributed by atoms with Crippen LogP contribution < -0.4 is 5.73 Å². The lowest BCUT2D eigenvalue weighted by Gasteiger charge is -2.21. The Hall–Kier alpha value is -1.35. The predicted octanol–water partition coefficient (Wildman–Crippen LogP) is 3.15. The molecular weight excluding hydrogens is 250 g/mol. The highest BCUT2D eigenvalue weighted by Gasteiger charge is 2.16. The van der Waals surface area contributed by atoms with Crippen LogP contribution in [0.2, 0.25) is 0 Å². The van der Waals surface area contributed by atoms with Gasteiger partial charge in [0, 0.05) is 12.5 Å². The monoisotopic (exact) mass is 275 g/mol. The summed E-state index contributed by atoms with van der Waals surface area (Å²) in [7, 11) is 1.43. The summed E-state index contributed by atoms with van der Waals surface area (Å²) in [6.45, 7) is 2.05. The Morgan fingerprint density at radius 3 is 2.70 bits per heavy atom. The van der Waals surface area contributed by atoms with Crippen LogP contribution >= 0.6 is 0 Å². The van der Waals surface area contributed by atoms with Crippen molar-refractivity contribution in [3.05, 3.63) is 34.9 Å². The molecule has 0 saturated heterocycles. The van der Waals surface area contributed by atoms with E-state index in [1.165, 1.54) is 49.5 Å². The molecule has 0 spiro atoms. The molecule has 0 bridgehead atoms. The lowest BCUT2D eigenvalue weighted by atomic mass is 9.87. The number of carbonyl (C=O) groups excluding carboxylic acids is 1. The Labute approximate surface area is 121 Å². The normalized spacial score (nSPS) is 17.1. The summed E-state index contributed by atoms with van der Waals surface area (Å²) in [5, 5.41) is 0. The van der Waals surface area contributed by atoms with Gasteiger partial charge < -0.3 is 10.5 Å². The number of esters is 1. The molecule has 3 nitrogen and oxygen atoms in total. The SMILES string of the molecule is COC(=O)CC(C)CC(N)c1ccc2c(c1)CCCC2. The fourth-order valence-corrected chi connectivity index (χ4v) is 3.00. The van der Waals surface area contributed by atoms with Crippen LogP contribution in [0.1, 0.15) is 55.3 Å². The number of rotatable bonds is 5. The molecular formula is C17H25NO2. The number of carbonyl (C=O) groups is 1. The number of fused-ring (bicyclic) bond motifs is 1. The van der Waals surface area contributed by atoms with Crippen molar-refractivity contribution in [3.8, 4) is 0 Å². The van der Waals surface area contributed by atoms with Crippen LogP contribution in [0.5, 0.6) is 0 Å². The van der Waals surface area contributed by atoms with Crippen molar-refractivity contribution in [3.63, 3.8) is 0 Å². The van der Waals surface area contributed by atoms with E-state index in [4.69, 9.17) is 10.5 Å². The van der Waals surface area contributed by atoms with Gasteiger partial charge in [0.2, 0.25) is 0 Å². The second-order valence-electron chi connectivity index (χ2n) is 5.96. The van der Waals surface area contributed by atoms with Crippen molar-refractivity contribution in [2.75, 3.05) is 7.11 Å². The minimum Gasteiger partial charge on any atom is -0.469 e. The van der Waals surface area contributed by atoms with E-state index in [9.17, 15) is 4.79 Å². The van der Waals surface area contributed by atoms with E-state index in [0.717, 1.165) is 6.42 Å². The van der Waals surface area contributed by atoms with Gasteiger partial charge >= 0.3 is 5.97 Å². The van der Waals surface area contributed by atoms with Crippen LogP contribution in [0.25, 0.3) is 0 Å². The molecule has 3 heteroatoms. The molecule has 0 radical (unpaired) electrons. The quantitative estimate of drug-likeness (QED) is 0.840. The van der Waals surface area contributed by atoms with Gasteiger partial charge in [0.15, 0.2) is 0 Å². The number of methoxy groups -OCH3 is 1. The number of aryl methyl sites for hydroxylation is 2. The molecule has 0 amide bonds. The molecule has 0 aliphatic heterocycles. The largest absolute Gasteiger partial charge is 0.469 e. The molecule has 2 atom stereocenters. The molecule has 1 aromatic rings. The van der Waals surface area contributed by atoms with E-state index in [0.29, 0.717) is 6.42 Å². The summed E-state index contributed by atoms with van der Waals surface area (Å²) in [5.41, 5.74) is 10.4. The third kappa shape index (κ3) is 3.83. The fraction of sp³-hybridized carbons (Fsp3) is 0.588. The van der Waals surface area contributed by atoms with E-state index in [-0.39, 0.29) is 17.9 Å². The first-order chi connectivity index (χ1) is 9.60. The minimum absolute atomic E-state index is 0.00174. The maximum absolute atomic E-state index is 11.3. The number of hydrogen-bond acceptors (Lipinski definition) is 3. The van der Waals surface area contributed by atoms with Crippen LogP contribution in [-0.4, -0.2) is 13.1 Å². The fourth-order valence-electron chi connectivity index (χ4n) is 3.00. The lowest BCUT2D eigenvalue weighted by molar-refractivity contribution is -0.141. The second kappa shape index (κ2) is 6.89. The summed E-state index contributed by atoms with van der Waals surface area (Å²) in [5.74, 6) is 0.0867. The minimum atomic E-state index is -0.157. The number of benzene rings is 1. The standard InChI is InChI=1S/C17H25NO2/c1-12(10-17(19)20-2)9-16(18)15-8-7-13-5-3-4-6-14(13)11-15/h7-8,11-12,16H,3-6,9-10,18H2,1-2H3. The number of ether oxygens (including phenoxy) is 1.